The molecule has 4 aromatic rings. The molecular formula is C29H30N4O. The molecule has 0 saturated heterocycles. The van der Waals surface area contributed by atoms with Crippen LogP contribution in [0.25, 0.3) is 22.4 Å². The van der Waals surface area contributed by atoms with E-state index in [0.717, 1.165) is 34.8 Å². The van der Waals surface area contributed by atoms with Crippen LogP contribution in [0.15, 0.2) is 60.7 Å². The molecule has 0 amide bonds. The van der Waals surface area contributed by atoms with Gasteiger partial charge in [-0.1, -0.05) is 24.3 Å². The Kier molecular flexibility index (Phi) is 4.37. The topological polar surface area (TPSA) is 33.5 Å². The molecule has 6 rings (SSSR count). The molecule has 172 valence electrons. The van der Waals surface area contributed by atoms with Crippen LogP contribution in [0, 0.1) is 6.92 Å². The Balaban J connectivity index is 1.75. The van der Waals surface area contributed by atoms with Crippen LogP contribution in [0.3, 0.4) is 0 Å². The average molecular weight is 451 g/mol. The number of aryl methyl sites for hydroxylation is 2. The number of hydrogen-bond donors (Lipinski definition) is 0. The first-order chi connectivity index (χ1) is 16.4. The standard InChI is InChI=1S/C29H30N4O/c1-7-33-28-21-10-8-9-11-26(21)34-29(27(28)18(2)30-33)24-14-12-19(31(3)4)16-22(24)23-17-20(32(5)6)13-15-25(23)29/h8-17H,7H2,1-6H3. The van der Waals surface area contributed by atoms with Crippen molar-refractivity contribution in [3.63, 3.8) is 0 Å². The number of aromatic nitrogens is 2. The molecule has 1 aliphatic carbocycles. The summed E-state index contributed by atoms with van der Waals surface area (Å²) in [6.07, 6.45) is 0. The van der Waals surface area contributed by atoms with E-state index in [0.29, 0.717) is 0 Å². The summed E-state index contributed by atoms with van der Waals surface area (Å²) in [6, 6.07) is 21.9. The summed E-state index contributed by atoms with van der Waals surface area (Å²) < 4.78 is 9.25. The minimum Gasteiger partial charge on any atom is -0.472 e. The Bertz CT molecular complexity index is 1390. The molecule has 2 heterocycles. The van der Waals surface area contributed by atoms with E-state index in [1.54, 1.807) is 0 Å². The van der Waals surface area contributed by atoms with Crippen molar-refractivity contribution in [2.45, 2.75) is 26.0 Å². The van der Waals surface area contributed by atoms with E-state index in [1.807, 2.05) is 0 Å². The number of nitrogens with zero attached hydrogens (tertiary/aromatic N) is 4. The summed E-state index contributed by atoms with van der Waals surface area (Å²) in [7, 11) is 8.35. The van der Waals surface area contributed by atoms with Gasteiger partial charge < -0.3 is 14.5 Å². The SMILES string of the molecule is CCn1nc(C)c2c1-c1ccccc1OC21c2ccc(N(C)C)cc2-c2cc(N(C)C)ccc21. The van der Waals surface area contributed by atoms with Gasteiger partial charge in [-0.05, 0) is 61.4 Å². The third-order valence-corrected chi connectivity index (χ3v) is 7.27. The molecule has 0 radical (unpaired) electrons. The molecule has 5 heteroatoms. The zero-order valence-corrected chi connectivity index (χ0v) is 20.7. The molecule has 0 bridgehead atoms. The number of fused-ring (bicyclic) bond motifs is 9. The van der Waals surface area contributed by atoms with Crippen LogP contribution < -0.4 is 14.5 Å². The highest BCUT2D eigenvalue weighted by atomic mass is 16.5. The molecule has 3 aromatic carbocycles. The summed E-state index contributed by atoms with van der Waals surface area (Å²) in [5.74, 6) is 0.900. The molecule has 0 saturated carbocycles. The van der Waals surface area contributed by atoms with Crippen molar-refractivity contribution in [1.82, 2.24) is 9.78 Å². The first-order valence-electron chi connectivity index (χ1n) is 11.9. The van der Waals surface area contributed by atoms with E-state index in [2.05, 4.69) is 117 Å². The van der Waals surface area contributed by atoms with Crippen molar-refractivity contribution in [3.05, 3.63) is 83.0 Å². The highest BCUT2D eigenvalue weighted by Gasteiger charge is 2.53. The molecule has 0 atom stereocenters. The van der Waals surface area contributed by atoms with E-state index < -0.39 is 5.60 Å². The number of hydrogen-bond acceptors (Lipinski definition) is 4. The number of para-hydroxylation sites is 1. The van der Waals surface area contributed by atoms with Gasteiger partial charge in [0.25, 0.3) is 0 Å². The predicted molar refractivity (Wildman–Crippen MR) is 139 cm³/mol. The Morgan fingerprint density at radius 2 is 1.41 bits per heavy atom. The maximum absolute atomic E-state index is 7.12. The fraction of sp³-hybridized carbons (Fsp3) is 0.276. The van der Waals surface area contributed by atoms with Crippen molar-refractivity contribution < 1.29 is 4.74 Å². The van der Waals surface area contributed by atoms with Crippen molar-refractivity contribution in [1.29, 1.82) is 0 Å². The van der Waals surface area contributed by atoms with E-state index in [-0.39, 0.29) is 0 Å². The van der Waals surface area contributed by atoms with Crippen LogP contribution in [0.4, 0.5) is 11.4 Å². The molecule has 1 spiro atoms. The third-order valence-electron chi connectivity index (χ3n) is 7.27. The Morgan fingerprint density at radius 3 is 1.97 bits per heavy atom. The van der Waals surface area contributed by atoms with Crippen LogP contribution in [0.5, 0.6) is 5.75 Å². The first kappa shape index (κ1) is 20.8. The van der Waals surface area contributed by atoms with E-state index in [1.165, 1.54) is 33.6 Å². The maximum Gasteiger partial charge on any atom is 0.189 e. The van der Waals surface area contributed by atoms with E-state index in [9.17, 15) is 0 Å². The minimum absolute atomic E-state index is 0.735. The van der Waals surface area contributed by atoms with Gasteiger partial charge in [0.15, 0.2) is 5.60 Å². The molecule has 0 fully saturated rings. The molecule has 0 unspecified atom stereocenters. The fourth-order valence-electron chi connectivity index (χ4n) is 5.68. The quantitative estimate of drug-likeness (QED) is 0.402. The van der Waals surface area contributed by atoms with Gasteiger partial charge in [0, 0.05) is 62.8 Å². The second-order valence-electron chi connectivity index (χ2n) is 9.65. The zero-order valence-electron chi connectivity index (χ0n) is 20.7. The first-order valence-corrected chi connectivity index (χ1v) is 11.9. The van der Waals surface area contributed by atoms with Gasteiger partial charge in [-0.15, -0.1) is 0 Å². The van der Waals surface area contributed by atoms with Gasteiger partial charge in [-0.25, -0.2) is 0 Å². The summed E-state index contributed by atoms with van der Waals surface area (Å²) in [5.41, 5.74) is 10.9. The molecule has 34 heavy (non-hydrogen) atoms. The Hall–Kier alpha value is -3.73. The van der Waals surface area contributed by atoms with E-state index >= 15 is 0 Å². The highest BCUT2D eigenvalue weighted by Crippen LogP contribution is 2.60. The lowest BCUT2D eigenvalue weighted by Crippen LogP contribution is -2.37. The zero-order chi connectivity index (χ0) is 23.8. The number of benzene rings is 3. The summed E-state index contributed by atoms with van der Waals surface area (Å²) in [5, 5.41) is 4.99. The maximum atomic E-state index is 7.12. The molecular weight excluding hydrogens is 420 g/mol. The third kappa shape index (κ3) is 2.58. The Morgan fingerprint density at radius 1 is 0.824 bits per heavy atom. The van der Waals surface area contributed by atoms with Crippen LogP contribution in [-0.2, 0) is 12.1 Å². The van der Waals surface area contributed by atoms with Crippen LogP contribution in [0.2, 0.25) is 0 Å². The predicted octanol–water partition coefficient (Wildman–Crippen LogP) is 5.68. The van der Waals surface area contributed by atoms with Crippen LogP contribution in [-0.4, -0.2) is 38.0 Å². The molecule has 1 aliphatic heterocycles. The highest BCUT2D eigenvalue weighted by molar-refractivity contribution is 5.90. The van der Waals surface area contributed by atoms with Crippen LogP contribution >= 0.6 is 0 Å². The van der Waals surface area contributed by atoms with Gasteiger partial charge in [0.1, 0.15) is 5.75 Å². The summed E-state index contributed by atoms with van der Waals surface area (Å²) >= 11 is 0. The largest absolute Gasteiger partial charge is 0.472 e. The van der Waals surface area contributed by atoms with Crippen molar-refractivity contribution in [3.8, 4) is 28.1 Å². The Labute approximate surface area is 201 Å². The van der Waals surface area contributed by atoms with Crippen molar-refractivity contribution in [2.24, 2.45) is 0 Å². The molecule has 0 N–H and O–H groups in total. The molecule has 2 aliphatic rings. The normalized spacial score (nSPS) is 14.2. The fourth-order valence-corrected chi connectivity index (χ4v) is 5.68. The number of anilines is 2. The van der Waals surface area contributed by atoms with Crippen molar-refractivity contribution >= 4 is 11.4 Å². The minimum atomic E-state index is -0.735. The number of rotatable bonds is 3. The van der Waals surface area contributed by atoms with Crippen molar-refractivity contribution in [2.75, 3.05) is 38.0 Å². The number of ether oxygens (including phenoxy) is 1. The second kappa shape index (κ2) is 7.13. The lowest BCUT2D eigenvalue weighted by atomic mass is 9.79. The van der Waals surface area contributed by atoms with Gasteiger partial charge in [0.05, 0.1) is 17.0 Å². The second-order valence-corrected chi connectivity index (χ2v) is 9.65. The van der Waals surface area contributed by atoms with Gasteiger partial charge in [-0.3, -0.25) is 4.68 Å². The average Bonchev–Trinajstić information content (AvgIpc) is 3.32. The van der Waals surface area contributed by atoms with E-state index in [4.69, 9.17) is 9.84 Å². The van der Waals surface area contributed by atoms with Gasteiger partial charge in [-0.2, -0.15) is 5.10 Å². The molecule has 5 nitrogen and oxygen atoms in total. The monoisotopic (exact) mass is 450 g/mol. The van der Waals surface area contributed by atoms with Crippen LogP contribution in [0.1, 0.15) is 29.3 Å². The van der Waals surface area contributed by atoms with Gasteiger partial charge >= 0.3 is 0 Å². The summed E-state index contributed by atoms with van der Waals surface area (Å²) in [6.45, 7) is 5.07. The lowest BCUT2D eigenvalue weighted by molar-refractivity contribution is 0.156. The molecule has 1 aromatic heterocycles. The smallest absolute Gasteiger partial charge is 0.189 e. The lowest BCUT2D eigenvalue weighted by Gasteiger charge is -2.38. The van der Waals surface area contributed by atoms with Gasteiger partial charge in [0.2, 0.25) is 0 Å². The summed E-state index contributed by atoms with van der Waals surface area (Å²) in [4.78, 5) is 4.31.